The molecule has 0 aliphatic rings. The van der Waals surface area contributed by atoms with E-state index >= 15 is 0 Å². The van der Waals surface area contributed by atoms with Gasteiger partial charge in [0.25, 0.3) is 0 Å². The van der Waals surface area contributed by atoms with E-state index in [9.17, 15) is 9.59 Å². The summed E-state index contributed by atoms with van der Waals surface area (Å²) in [6.07, 6.45) is 0.308. The molecule has 0 aliphatic heterocycles. The maximum absolute atomic E-state index is 12.7. The lowest BCUT2D eigenvalue weighted by Gasteiger charge is -2.24. The number of hydrogen-bond acceptors (Lipinski definition) is 2. The Bertz CT molecular complexity index is 616. The highest BCUT2D eigenvalue weighted by molar-refractivity contribution is 5.78. The number of nitrogens with zero attached hydrogens (tertiary/aromatic N) is 1. The van der Waals surface area contributed by atoms with Crippen LogP contribution in [-0.4, -0.2) is 35.0 Å². The highest BCUT2D eigenvalue weighted by Crippen LogP contribution is 2.28. The van der Waals surface area contributed by atoms with Crippen LogP contribution in [0.2, 0.25) is 0 Å². The molecule has 0 aliphatic carbocycles. The van der Waals surface area contributed by atoms with Crippen molar-refractivity contribution in [1.82, 2.24) is 4.90 Å². The van der Waals surface area contributed by atoms with Crippen molar-refractivity contribution in [3.05, 3.63) is 71.8 Å². The second kappa shape index (κ2) is 8.87. The first-order valence-corrected chi connectivity index (χ1v) is 8.21. The van der Waals surface area contributed by atoms with E-state index in [4.69, 9.17) is 5.11 Å². The molecule has 0 saturated carbocycles. The third kappa shape index (κ3) is 4.95. The summed E-state index contributed by atoms with van der Waals surface area (Å²) in [5.74, 6) is -0.931. The zero-order chi connectivity index (χ0) is 17.4. The van der Waals surface area contributed by atoms with Crippen LogP contribution in [0.5, 0.6) is 0 Å². The van der Waals surface area contributed by atoms with Gasteiger partial charge in [-0.15, -0.1) is 0 Å². The standard InChI is InChI=1S/C20H23NO3/c1-2-21(14-13-20(23)24)19(22)15-18(16-9-5-3-6-10-16)17-11-7-4-8-12-17/h3-12,18H,2,13-15H2,1H3,(H,23,24). The minimum Gasteiger partial charge on any atom is -0.481 e. The van der Waals surface area contributed by atoms with Crippen LogP contribution in [0, 0.1) is 0 Å². The fraction of sp³-hybridized carbons (Fsp3) is 0.300. The molecule has 0 spiro atoms. The molecule has 2 aromatic carbocycles. The Morgan fingerprint density at radius 2 is 1.46 bits per heavy atom. The van der Waals surface area contributed by atoms with Gasteiger partial charge in [0.05, 0.1) is 6.42 Å². The Balaban J connectivity index is 2.19. The van der Waals surface area contributed by atoms with E-state index in [0.29, 0.717) is 13.0 Å². The summed E-state index contributed by atoms with van der Waals surface area (Å²) in [6.45, 7) is 2.64. The maximum Gasteiger partial charge on any atom is 0.305 e. The first-order chi connectivity index (χ1) is 11.6. The van der Waals surface area contributed by atoms with Crippen LogP contribution < -0.4 is 0 Å². The smallest absolute Gasteiger partial charge is 0.305 e. The number of carboxylic acids is 1. The molecule has 0 bridgehead atoms. The Morgan fingerprint density at radius 1 is 0.958 bits per heavy atom. The molecule has 24 heavy (non-hydrogen) atoms. The van der Waals surface area contributed by atoms with Gasteiger partial charge in [-0.25, -0.2) is 0 Å². The second-order valence-corrected chi connectivity index (χ2v) is 5.70. The highest BCUT2D eigenvalue weighted by Gasteiger charge is 2.21. The lowest BCUT2D eigenvalue weighted by molar-refractivity contribution is -0.138. The molecule has 0 atom stereocenters. The molecule has 0 unspecified atom stereocenters. The topological polar surface area (TPSA) is 57.6 Å². The molecule has 0 aromatic heterocycles. The van der Waals surface area contributed by atoms with Crippen LogP contribution in [0.15, 0.2) is 60.7 Å². The Hall–Kier alpha value is -2.62. The number of amides is 1. The Kier molecular flexibility index (Phi) is 6.55. The summed E-state index contributed by atoms with van der Waals surface area (Å²) in [5, 5.41) is 8.84. The molecule has 0 fully saturated rings. The number of hydrogen-bond donors (Lipinski definition) is 1. The van der Waals surface area contributed by atoms with Crippen LogP contribution in [0.1, 0.15) is 36.8 Å². The van der Waals surface area contributed by atoms with Gasteiger partial charge in [0, 0.05) is 25.4 Å². The minimum atomic E-state index is -0.885. The number of benzene rings is 2. The van der Waals surface area contributed by atoms with Crippen molar-refractivity contribution < 1.29 is 14.7 Å². The van der Waals surface area contributed by atoms with Crippen LogP contribution in [0.4, 0.5) is 0 Å². The van der Waals surface area contributed by atoms with E-state index in [1.54, 1.807) is 4.90 Å². The van der Waals surface area contributed by atoms with Crippen LogP contribution in [-0.2, 0) is 9.59 Å². The van der Waals surface area contributed by atoms with Gasteiger partial charge in [-0.1, -0.05) is 60.7 Å². The molecule has 0 saturated heterocycles. The fourth-order valence-electron chi connectivity index (χ4n) is 2.79. The Morgan fingerprint density at radius 3 is 1.88 bits per heavy atom. The quantitative estimate of drug-likeness (QED) is 0.808. The first-order valence-electron chi connectivity index (χ1n) is 8.21. The number of aliphatic carboxylic acids is 1. The van der Waals surface area contributed by atoms with Crippen LogP contribution in [0.25, 0.3) is 0 Å². The molecule has 0 radical (unpaired) electrons. The van der Waals surface area contributed by atoms with Gasteiger partial charge in [0.1, 0.15) is 0 Å². The molecular weight excluding hydrogens is 302 g/mol. The van der Waals surface area contributed by atoms with Crippen molar-refractivity contribution in [2.75, 3.05) is 13.1 Å². The number of carboxylic acid groups (broad SMARTS) is 1. The van der Waals surface area contributed by atoms with E-state index in [0.717, 1.165) is 11.1 Å². The summed E-state index contributed by atoms with van der Waals surface area (Å²) < 4.78 is 0. The molecule has 4 nitrogen and oxygen atoms in total. The average Bonchev–Trinajstić information content (AvgIpc) is 2.61. The number of carbonyl (C=O) groups is 2. The molecule has 2 rings (SSSR count). The normalized spacial score (nSPS) is 10.6. The summed E-state index contributed by atoms with van der Waals surface area (Å²) in [4.78, 5) is 25.1. The SMILES string of the molecule is CCN(CCC(=O)O)C(=O)CC(c1ccccc1)c1ccccc1. The molecule has 1 amide bonds. The monoisotopic (exact) mass is 325 g/mol. The molecule has 2 aromatic rings. The molecule has 4 heteroatoms. The third-order valence-electron chi connectivity index (χ3n) is 4.11. The van der Waals surface area contributed by atoms with E-state index in [1.165, 1.54) is 0 Å². The number of rotatable bonds is 8. The predicted molar refractivity (Wildman–Crippen MR) is 93.9 cm³/mol. The van der Waals surface area contributed by atoms with Crippen LogP contribution >= 0.6 is 0 Å². The van der Waals surface area contributed by atoms with Crippen molar-refractivity contribution in [2.45, 2.75) is 25.7 Å². The summed E-state index contributed by atoms with van der Waals surface area (Å²) in [6, 6.07) is 19.9. The second-order valence-electron chi connectivity index (χ2n) is 5.70. The van der Waals surface area contributed by atoms with Crippen molar-refractivity contribution in [3.63, 3.8) is 0 Å². The lowest BCUT2D eigenvalue weighted by atomic mass is 9.88. The van der Waals surface area contributed by atoms with Gasteiger partial charge in [0.2, 0.25) is 5.91 Å². The fourth-order valence-corrected chi connectivity index (χ4v) is 2.79. The van der Waals surface area contributed by atoms with E-state index in [2.05, 4.69) is 0 Å². The van der Waals surface area contributed by atoms with Crippen LogP contribution in [0.3, 0.4) is 0 Å². The molecular formula is C20H23NO3. The van der Waals surface area contributed by atoms with E-state index in [1.807, 2.05) is 67.6 Å². The maximum atomic E-state index is 12.7. The van der Waals surface area contributed by atoms with Gasteiger partial charge in [0.15, 0.2) is 0 Å². The molecule has 1 N–H and O–H groups in total. The minimum absolute atomic E-state index is 0.0172. The van der Waals surface area contributed by atoms with E-state index in [-0.39, 0.29) is 24.8 Å². The van der Waals surface area contributed by atoms with Crippen molar-refractivity contribution >= 4 is 11.9 Å². The lowest BCUT2D eigenvalue weighted by Crippen LogP contribution is -2.33. The van der Waals surface area contributed by atoms with Gasteiger partial charge in [-0.3, -0.25) is 9.59 Å². The van der Waals surface area contributed by atoms with E-state index < -0.39 is 5.97 Å². The summed E-state index contributed by atoms with van der Waals surface area (Å²) in [7, 11) is 0. The van der Waals surface area contributed by atoms with Gasteiger partial charge in [-0.05, 0) is 18.1 Å². The number of carbonyl (C=O) groups excluding carboxylic acids is 1. The summed E-state index contributed by atoms with van der Waals surface area (Å²) in [5.41, 5.74) is 2.18. The predicted octanol–water partition coefficient (Wildman–Crippen LogP) is 3.53. The zero-order valence-corrected chi connectivity index (χ0v) is 13.9. The molecule has 0 heterocycles. The largest absolute Gasteiger partial charge is 0.481 e. The van der Waals surface area contributed by atoms with Crippen molar-refractivity contribution in [1.29, 1.82) is 0 Å². The van der Waals surface area contributed by atoms with Crippen molar-refractivity contribution in [2.24, 2.45) is 0 Å². The third-order valence-corrected chi connectivity index (χ3v) is 4.11. The van der Waals surface area contributed by atoms with Gasteiger partial charge < -0.3 is 10.0 Å². The average molecular weight is 325 g/mol. The summed E-state index contributed by atoms with van der Waals surface area (Å²) >= 11 is 0. The molecule has 126 valence electrons. The van der Waals surface area contributed by atoms with Gasteiger partial charge >= 0.3 is 5.97 Å². The zero-order valence-electron chi connectivity index (χ0n) is 13.9. The van der Waals surface area contributed by atoms with Gasteiger partial charge in [-0.2, -0.15) is 0 Å². The Labute approximate surface area is 142 Å². The first kappa shape index (κ1) is 17.7. The van der Waals surface area contributed by atoms with Crippen molar-refractivity contribution in [3.8, 4) is 0 Å². The highest BCUT2D eigenvalue weighted by atomic mass is 16.4.